The molecule has 6 heteroatoms. The standard InChI is InChI=1S/C6H12O6/c7-2-1-3(8)4(9)5(10)6(11)12/h3-4,6-9,11-12H,1-2H2. The third kappa shape index (κ3) is 3.24. The van der Waals surface area contributed by atoms with E-state index in [4.69, 9.17) is 25.5 Å². The zero-order valence-electron chi connectivity index (χ0n) is 6.29. The molecule has 0 radical (unpaired) electrons. The molecule has 0 aliphatic heterocycles. The van der Waals surface area contributed by atoms with Crippen LogP contribution in [-0.4, -0.2) is 56.4 Å². The number of aliphatic hydroxyl groups is 5. The molecular formula is C6H12O6. The summed E-state index contributed by atoms with van der Waals surface area (Å²) in [6.45, 7) is -0.396. The third-order valence-corrected chi connectivity index (χ3v) is 1.34. The van der Waals surface area contributed by atoms with Crippen molar-refractivity contribution in [2.75, 3.05) is 6.61 Å². The highest BCUT2D eigenvalue weighted by molar-refractivity contribution is 5.86. The molecule has 0 heterocycles. The van der Waals surface area contributed by atoms with Gasteiger partial charge in [0.1, 0.15) is 6.10 Å². The minimum absolute atomic E-state index is 0.195. The summed E-state index contributed by atoms with van der Waals surface area (Å²) in [4.78, 5) is 10.6. The first-order valence-electron chi connectivity index (χ1n) is 3.37. The van der Waals surface area contributed by atoms with Gasteiger partial charge in [0, 0.05) is 6.61 Å². The molecule has 0 bridgehead atoms. The lowest BCUT2D eigenvalue weighted by Gasteiger charge is -2.15. The van der Waals surface area contributed by atoms with E-state index in [1.807, 2.05) is 0 Å². The summed E-state index contributed by atoms with van der Waals surface area (Å²) in [5.74, 6) is -1.28. The molecule has 0 aromatic rings. The van der Waals surface area contributed by atoms with Gasteiger partial charge in [-0.3, -0.25) is 4.79 Å². The summed E-state index contributed by atoms with van der Waals surface area (Å²) in [6, 6.07) is 0. The van der Waals surface area contributed by atoms with Gasteiger partial charge in [0.05, 0.1) is 6.10 Å². The van der Waals surface area contributed by atoms with Crippen LogP contribution in [0, 0.1) is 0 Å². The van der Waals surface area contributed by atoms with E-state index in [1.54, 1.807) is 0 Å². The Kier molecular flexibility index (Phi) is 4.95. The highest BCUT2D eigenvalue weighted by Crippen LogP contribution is 2.01. The highest BCUT2D eigenvalue weighted by atomic mass is 16.5. The zero-order valence-corrected chi connectivity index (χ0v) is 6.29. The number of rotatable bonds is 5. The Hall–Kier alpha value is -0.530. The van der Waals surface area contributed by atoms with Crippen molar-refractivity contribution < 1.29 is 30.3 Å². The predicted molar refractivity (Wildman–Crippen MR) is 36.9 cm³/mol. The number of carbonyl (C=O) groups is 1. The van der Waals surface area contributed by atoms with Gasteiger partial charge in [-0.25, -0.2) is 0 Å². The fourth-order valence-corrected chi connectivity index (χ4v) is 0.632. The Labute approximate surface area is 68.7 Å². The van der Waals surface area contributed by atoms with Crippen LogP contribution in [0.1, 0.15) is 6.42 Å². The van der Waals surface area contributed by atoms with E-state index in [9.17, 15) is 4.79 Å². The fraction of sp³-hybridized carbons (Fsp3) is 0.833. The second-order valence-corrected chi connectivity index (χ2v) is 2.30. The molecule has 0 aliphatic carbocycles. The molecule has 6 nitrogen and oxygen atoms in total. The molecular weight excluding hydrogens is 168 g/mol. The van der Waals surface area contributed by atoms with Gasteiger partial charge in [-0.05, 0) is 6.42 Å². The van der Waals surface area contributed by atoms with Crippen molar-refractivity contribution in [3.63, 3.8) is 0 Å². The molecule has 2 atom stereocenters. The summed E-state index contributed by atoms with van der Waals surface area (Å²) in [5, 5.41) is 42.6. The first kappa shape index (κ1) is 11.5. The maximum atomic E-state index is 10.6. The molecule has 12 heavy (non-hydrogen) atoms. The molecule has 0 saturated carbocycles. The Morgan fingerprint density at radius 1 is 1.17 bits per heavy atom. The summed E-state index contributed by atoms with van der Waals surface area (Å²) in [7, 11) is 0. The molecule has 0 amide bonds. The van der Waals surface area contributed by atoms with Crippen molar-refractivity contribution in [1.29, 1.82) is 0 Å². The lowest BCUT2D eigenvalue weighted by molar-refractivity contribution is -0.159. The Morgan fingerprint density at radius 2 is 1.67 bits per heavy atom. The molecule has 0 spiro atoms. The SMILES string of the molecule is O=C(C(O)O)C(O)C(O)CCO. The van der Waals surface area contributed by atoms with Crippen molar-refractivity contribution in [1.82, 2.24) is 0 Å². The van der Waals surface area contributed by atoms with E-state index < -0.39 is 30.9 Å². The van der Waals surface area contributed by atoms with Crippen molar-refractivity contribution in [2.24, 2.45) is 0 Å². The average Bonchev–Trinajstić information content (AvgIpc) is 2.02. The van der Waals surface area contributed by atoms with Crippen LogP contribution in [0.4, 0.5) is 0 Å². The third-order valence-electron chi connectivity index (χ3n) is 1.34. The van der Waals surface area contributed by atoms with Gasteiger partial charge in [-0.2, -0.15) is 0 Å². The van der Waals surface area contributed by atoms with Gasteiger partial charge in [-0.1, -0.05) is 0 Å². The van der Waals surface area contributed by atoms with Gasteiger partial charge in [0.15, 0.2) is 0 Å². The van der Waals surface area contributed by atoms with Crippen LogP contribution in [0.3, 0.4) is 0 Å². The van der Waals surface area contributed by atoms with E-state index in [1.165, 1.54) is 0 Å². The summed E-state index contributed by atoms with van der Waals surface area (Å²) in [6.07, 6.45) is -5.82. The molecule has 0 aliphatic rings. The van der Waals surface area contributed by atoms with Gasteiger partial charge < -0.3 is 25.5 Å². The second-order valence-electron chi connectivity index (χ2n) is 2.30. The maximum Gasteiger partial charge on any atom is 0.219 e. The van der Waals surface area contributed by atoms with Crippen LogP contribution in [0.25, 0.3) is 0 Å². The first-order chi connectivity index (χ1) is 5.50. The lowest BCUT2D eigenvalue weighted by atomic mass is 10.1. The minimum Gasteiger partial charge on any atom is -0.396 e. The minimum atomic E-state index is -2.30. The van der Waals surface area contributed by atoms with E-state index >= 15 is 0 Å². The van der Waals surface area contributed by atoms with Crippen LogP contribution in [-0.2, 0) is 4.79 Å². The number of carbonyl (C=O) groups excluding carboxylic acids is 1. The molecule has 0 saturated heterocycles. The molecule has 0 aromatic carbocycles. The zero-order chi connectivity index (χ0) is 9.72. The van der Waals surface area contributed by atoms with Gasteiger partial charge in [-0.15, -0.1) is 0 Å². The number of Topliss-reactive ketones (excluding diaryl/α,β-unsaturated/α-hetero) is 1. The maximum absolute atomic E-state index is 10.6. The number of ketones is 1. The Balaban J connectivity index is 4.00. The van der Waals surface area contributed by atoms with Gasteiger partial charge >= 0.3 is 0 Å². The van der Waals surface area contributed by atoms with E-state index in [2.05, 4.69) is 0 Å². The largest absolute Gasteiger partial charge is 0.396 e. The van der Waals surface area contributed by atoms with Crippen LogP contribution >= 0.6 is 0 Å². The first-order valence-corrected chi connectivity index (χ1v) is 3.37. The van der Waals surface area contributed by atoms with Crippen molar-refractivity contribution in [3.05, 3.63) is 0 Å². The van der Waals surface area contributed by atoms with E-state index in [0.29, 0.717) is 0 Å². The van der Waals surface area contributed by atoms with Crippen LogP contribution in [0.2, 0.25) is 0 Å². The fourth-order valence-electron chi connectivity index (χ4n) is 0.632. The van der Waals surface area contributed by atoms with Crippen molar-refractivity contribution in [3.8, 4) is 0 Å². The predicted octanol–water partition coefficient (Wildman–Crippen LogP) is -3.03. The van der Waals surface area contributed by atoms with E-state index in [-0.39, 0.29) is 6.42 Å². The van der Waals surface area contributed by atoms with Crippen molar-refractivity contribution >= 4 is 5.78 Å². The topological polar surface area (TPSA) is 118 Å². The molecule has 0 fully saturated rings. The number of aliphatic hydroxyl groups excluding tert-OH is 4. The lowest BCUT2D eigenvalue weighted by Crippen LogP contribution is -2.40. The second kappa shape index (κ2) is 5.18. The number of hydrogen-bond donors (Lipinski definition) is 5. The van der Waals surface area contributed by atoms with E-state index in [0.717, 1.165) is 0 Å². The van der Waals surface area contributed by atoms with Crippen LogP contribution in [0.5, 0.6) is 0 Å². The van der Waals surface area contributed by atoms with Crippen LogP contribution < -0.4 is 0 Å². The normalized spacial score (nSPS) is 16.2. The quantitative estimate of drug-likeness (QED) is 0.287. The average molecular weight is 180 g/mol. The number of hydrogen-bond acceptors (Lipinski definition) is 6. The molecule has 2 unspecified atom stereocenters. The Morgan fingerprint density at radius 3 is 2.00 bits per heavy atom. The molecule has 72 valence electrons. The van der Waals surface area contributed by atoms with Crippen molar-refractivity contribution in [2.45, 2.75) is 24.9 Å². The summed E-state index contributed by atoms with van der Waals surface area (Å²) >= 11 is 0. The molecule has 0 rings (SSSR count). The smallest absolute Gasteiger partial charge is 0.219 e. The van der Waals surface area contributed by atoms with Gasteiger partial charge in [0.2, 0.25) is 12.1 Å². The van der Waals surface area contributed by atoms with Crippen LogP contribution in [0.15, 0.2) is 0 Å². The summed E-state index contributed by atoms with van der Waals surface area (Å²) < 4.78 is 0. The summed E-state index contributed by atoms with van der Waals surface area (Å²) in [5.41, 5.74) is 0. The molecule has 0 aromatic heterocycles. The monoisotopic (exact) mass is 180 g/mol. The van der Waals surface area contributed by atoms with Gasteiger partial charge in [0.25, 0.3) is 0 Å². The highest BCUT2D eigenvalue weighted by Gasteiger charge is 2.27. The Bertz CT molecular complexity index is 145. The molecule has 5 N–H and O–H groups in total.